The molecule has 4 rings (SSSR count). The monoisotopic (exact) mass is 371 g/mol. The summed E-state index contributed by atoms with van der Waals surface area (Å²) in [5.74, 6) is 2.03. The van der Waals surface area contributed by atoms with E-state index in [1.807, 2.05) is 0 Å². The molecule has 3 aromatic rings. The zero-order chi connectivity index (χ0) is 18.3. The van der Waals surface area contributed by atoms with E-state index in [-0.39, 0.29) is 5.41 Å². The van der Waals surface area contributed by atoms with Crippen LogP contribution in [-0.4, -0.2) is 45.7 Å². The van der Waals surface area contributed by atoms with Crippen molar-refractivity contribution in [3.8, 4) is 0 Å². The predicted octanol–water partition coefficient (Wildman–Crippen LogP) is 3.44. The normalized spacial score (nSPS) is 15.6. The Morgan fingerprint density at radius 3 is 2.69 bits per heavy atom. The number of rotatable bonds is 5. The molecule has 26 heavy (non-hydrogen) atoms. The van der Waals surface area contributed by atoms with Crippen molar-refractivity contribution >= 4 is 27.7 Å². The number of benzene rings is 1. The second-order valence-electron chi connectivity index (χ2n) is 7.84. The second kappa shape index (κ2) is 6.63. The molecule has 0 saturated carbocycles. The number of ether oxygens (including phenoxy) is 1. The smallest absolute Gasteiger partial charge is 0.205 e. The van der Waals surface area contributed by atoms with Crippen LogP contribution in [0, 0.1) is 0 Å². The third-order valence-electron chi connectivity index (χ3n) is 4.75. The fourth-order valence-corrected chi connectivity index (χ4v) is 4.12. The van der Waals surface area contributed by atoms with Crippen molar-refractivity contribution in [1.29, 1.82) is 0 Å². The molecule has 2 aromatic heterocycles. The third kappa shape index (κ3) is 3.10. The number of anilines is 1. The topological polar surface area (TPSA) is 56.1 Å². The maximum atomic E-state index is 5.11. The number of hydrogen-bond acceptors (Lipinski definition) is 6. The van der Waals surface area contributed by atoms with Gasteiger partial charge in [0.1, 0.15) is 11.6 Å². The van der Waals surface area contributed by atoms with Crippen molar-refractivity contribution in [3.63, 3.8) is 0 Å². The molecule has 1 aliphatic rings. The van der Waals surface area contributed by atoms with Crippen LogP contribution in [-0.2, 0) is 16.6 Å². The minimum atomic E-state index is 0.00942. The minimum Gasteiger partial charge on any atom is -0.384 e. The third-order valence-corrected chi connectivity index (χ3v) is 5.57. The lowest BCUT2D eigenvalue weighted by atomic mass is 9.94. The van der Waals surface area contributed by atoms with Gasteiger partial charge < -0.3 is 14.2 Å². The molecule has 3 heterocycles. The van der Waals surface area contributed by atoms with Crippen LogP contribution in [0.2, 0.25) is 0 Å². The molecule has 1 aliphatic heterocycles. The van der Waals surface area contributed by atoms with Gasteiger partial charge in [0, 0.05) is 43.6 Å². The first-order valence-corrected chi connectivity index (χ1v) is 9.78. The van der Waals surface area contributed by atoms with Crippen LogP contribution in [0.1, 0.15) is 38.5 Å². The summed E-state index contributed by atoms with van der Waals surface area (Å²) in [5, 5.41) is 1.01. The van der Waals surface area contributed by atoms with Crippen molar-refractivity contribution in [2.24, 2.45) is 0 Å². The highest BCUT2D eigenvalue weighted by Gasteiger charge is 2.35. The Hall–Kier alpha value is -1.99. The molecular formula is C19H25N5OS. The molecule has 0 amide bonds. The van der Waals surface area contributed by atoms with Gasteiger partial charge in [0.15, 0.2) is 0 Å². The van der Waals surface area contributed by atoms with Crippen molar-refractivity contribution in [2.75, 3.05) is 31.7 Å². The van der Waals surface area contributed by atoms with E-state index in [0.29, 0.717) is 12.6 Å². The van der Waals surface area contributed by atoms with Gasteiger partial charge in [0.25, 0.3) is 0 Å². The molecule has 7 heteroatoms. The standard InChI is InChI=1S/C19H25N5OS/c1-19(2,3)17-20-14-7-5-6-8-15(14)24(17)13-11-23(12-13)18-21-16(22-26-18)9-10-25-4/h5-8,13H,9-12H2,1-4H3. The van der Waals surface area contributed by atoms with Gasteiger partial charge in [0.2, 0.25) is 5.13 Å². The Bertz CT molecular complexity index is 904. The first-order chi connectivity index (χ1) is 12.5. The largest absolute Gasteiger partial charge is 0.384 e. The van der Waals surface area contributed by atoms with Gasteiger partial charge >= 0.3 is 0 Å². The van der Waals surface area contributed by atoms with E-state index in [1.165, 1.54) is 17.0 Å². The van der Waals surface area contributed by atoms with Crippen molar-refractivity contribution in [3.05, 3.63) is 35.9 Å². The van der Waals surface area contributed by atoms with E-state index in [9.17, 15) is 0 Å². The fourth-order valence-electron chi connectivity index (χ4n) is 3.39. The van der Waals surface area contributed by atoms with Gasteiger partial charge in [-0.2, -0.15) is 4.37 Å². The molecule has 6 nitrogen and oxygen atoms in total. The van der Waals surface area contributed by atoms with Crippen LogP contribution in [0.15, 0.2) is 24.3 Å². The van der Waals surface area contributed by atoms with Crippen molar-refractivity contribution in [1.82, 2.24) is 18.9 Å². The highest BCUT2D eigenvalue weighted by atomic mass is 32.1. The molecule has 0 N–H and O–H groups in total. The summed E-state index contributed by atoms with van der Waals surface area (Å²) in [6.07, 6.45) is 0.768. The molecule has 0 aliphatic carbocycles. The summed E-state index contributed by atoms with van der Waals surface area (Å²) in [4.78, 5) is 11.9. The maximum absolute atomic E-state index is 5.11. The highest BCUT2D eigenvalue weighted by Crippen LogP contribution is 2.35. The average Bonchev–Trinajstić information content (AvgIpc) is 3.17. The Kier molecular flexibility index (Phi) is 4.44. The van der Waals surface area contributed by atoms with Gasteiger partial charge in [-0.05, 0) is 12.1 Å². The van der Waals surface area contributed by atoms with E-state index in [4.69, 9.17) is 9.72 Å². The van der Waals surface area contributed by atoms with E-state index in [1.54, 1.807) is 7.11 Å². The molecule has 138 valence electrons. The summed E-state index contributed by atoms with van der Waals surface area (Å²) in [6.45, 7) is 9.25. The van der Waals surface area contributed by atoms with Gasteiger partial charge in [-0.15, -0.1) is 0 Å². The number of methoxy groups -OCH3 is 1. The van der Waals surface area contributed by atoms with Gasteiger partial charge in [0.05, 0.1) is 23.7 Å². The zero-order valence-electron chi connectivity index (χ0n) is 15.8. The molecule has 0 radical (unpaired) electrons. The Balaban J connectivity index is 1.56. The summed E-state index contributed by atoms with van der Waals surface area (Å²) in [7, 11) is 1.70. The molecular weight excluding hydrogens is 346 g/mol. The van der Waals surface area contributed by atoms with Crippen LogP contribution in [0.4, 0.5) is 5.13 Å². The maximum Gasteiger partial charge on any atom is 0.205 e. The molecule has 1 saturated heterocycles. The first kappa shape index (κ1) is 17.4. The molecule has 1 fully saturated rings. The number of imidazole rings is 1. The predicted molar refractivity (Wildman–Crippen MR) is 105 cm³/mol. The van der Waals surface area contributed by atoms with Gasteiger partial charge in [-0.1, -0.05) is 32.9 Å². The SMILES string of the molecule is COCCc1nsc(N2CC(n3c(C(C)(C)C)nc4ccccc43)C2)n1. The van der Waals surface area contributed by atoms with Crippen LogP contribution in [0.3, 0.4) is 0 Å². The Morgan fingerprint density at radius 2 is 1.96 bits per heavy atom. The first-order valence-electron chi connectivity index (χ1n) is 9.01. The number of nitrogens with zero attached hydrogens (tertiary/aromatic N) is 5. The fraction of sp³-hybridized carbons (Fsp3) is 0.526. The molecule has 0 bridgehead atoms. The lowest BCUT2D eigenvalue weighted by Crippen LogP contribution is -2.48. The molecule has 1 aromatic carbocycles. The summed E-state index contributed by atoms with van der Waals surface area (Å²) < 4.78 is 12.0. The van der Waals surface area contributed by atoms with Crippen LogP contribution >= 0.6 is 11.5 Å². The number of para-hydroxylation sites is 2. The number of aromatic nitrogens is 4. The van der Waals surface area contributed by atoms with Gasteiger partial charge in [-0.25, -0.2) is 9.97 Å². The number of fused-ring (bicyclic) bond motifs is 1. The van der Waals surface area contributed by atoms with Crippen LogP contribution in [0.25, 0.3) is 11.0 Å². The average molecular weight is 372 g/mol. The van der Waals surface area contributed by atoms with Crippen LogP contribution in [0.5, 0.6) is 0 Å². The molecule has 0 atom stereocenters. The highest BCUT2D eigenvalue weighted by molar-refractivity contribution is 7.09. The summed E-state index contributed by atoms with van der Waals surface area (Å²) >= 11 is 1.48. The van der Waals surface area contributed by atoms with Crippen LogP contribution < -0.4 is 4.90 Å². The van der Waals surface area contributed by atoms with E-state index < -0.39 is 0 Å². The quantitative estimate of drug-likeness (QED) is 0.688. The minimum absolute atomic E-state index is 0.00942. The van der Waals surface area contributed by atoms with Crippen molar-refractivity contribution < 1.29 is 4.74 Å². The zero-order valence-corrected chi connectivity index (χ0v) is 16.6. The van der Waals surface area contributed by atoms with E-state index in [2.05, 4.69) is 63.9 Å². The summed E-state index contributed by atoms with van der Waals surface area (Å²) in [6, 6.07) is 8.85. The molecule has 0 spiro atoms. The summed E-state index contributed by atoms with van der Waals surface area (Å²) in [5.41, 5.74) is 2.31. The Morgan fingerprint density at radius 1 is 1.19 bits per heavy atom. The van der Waals surface area contributed by atoms with E-state index in [0.717, 1.165) is 41.8 Å². The second-order valence-corrected chi connectivity index (χ2v) is 8.57. The Labute approximate surface area is 158 Å². The van der Waals surface area contributed by atoms with E-state index >= 15 is 0 Å². The van der Waals surface area contributed by atoms with Crippen molar-refractivity contribution in [2.45, 2.75) is 38.6 Å². The van der Waals surface area contributed by atoms with Gasteiger partial charge in [-0.3, -0.25) is 0 Å². The number of hydrogen-bond donors (Lipinski definition) is 0. The lowest BCUT2D eigenvalue weighted by Gasteiger charge is -2.41. The lowest BCUT2D eigenvalue weighted by molar-refractivity contribution is 0.201. The molecule has 0 unspecified atom stereocenters.